The molecule has 0 bridgehead atoms. The molecule has 1 unspecified atom stereocenters. The monoisotopic (exact) mass is 862 g/mol. The molecule has 2 N–H and O–H groups in total. The average molecular weight is 864 g/mol. The van der Waals surface area contributed by atoms with Gasteiger partial charge in [-0.05, 0) is 70.4 Å². The number of hydrogen-bond donors (Lipinski definition) is 2. The van der Waals surface area contributed by atoms with Crippen molar-refractivity contribution in [3.05, 3.63) is 135 Å². The zero-order chi connectivity index (χ0) is 37.8. The quantitative estimate of drug-likeness (QED) is 0.165. The lowest BCUT2D eigenvalue weighted by Gasteiger charge is -2.45. The van der Waals surface area contributed by atoms with Crippen LogP contribution in [0.25, 0.3) is 0 Å². The van der Waals surface area contributed by atoms with Gasteiger partial charge in [-0.3, -0.25) is 9.69 Å². The predicted octanol–water partition coefficient (Wildman–Crippen LogP) is 11.4. The van der Waals surface area contributed by atoms with Gasteiger partial charge < -0.3 is 14.8 Å². The predicted molar refractivity (Wildman–Crippen MR) is 244 cm³/mol. The zero-order valence-corrected chi connectivity index (χ0v) is 38.4. The lowest BCUT2D eigenvalue weighted by atomic mass is 9.62. The van der Waals surface area contributed by atoms with E-state index in [0.717, 1.165) is 16.7 Å². The highest BCUT2D eigenvalue weighted by atomic mass is 35.5. The van der Waals surface area contributed by atoms with Crippen molar-refractivity contribution in [3.63, 3.8) is 0 Å². The second-order valence-corrected chi connectivity index (χ2v) is 22.9. The molecule has 2 heterocycles. The normalized spacial score (nSPS) is 22.2. The number of benzene rings is 4. The molecule has 300 valence electrons. The van der Waals surface area contributed by atoms with Gasteiger partial charge in [0.15, 0.2) is 8.32 Å². The summed E-state index contributed by atoms with van der Waals surface area (Å²) in [5.74, 6) is -1.55. The Kier molecular flexibility index (Phi) is 15.4. The van der Waals surface area contributed by atoms with E-state index in [4.69, 9.17) is 27.6 Å². The first-order valence-electron chi connectivity index (χ1n) is 18.1. The van der Waals surface area contributed by atoms with E-state index in [1.165, 1.54) is 0 Å². The van der Waals surface area contributed by atoms with Crippen LogP contribution in [-0.2, 0) is 14.6 Å². The molecule has 55 heavy (non-hydrogen) atoms. The molecular weight excluding hydrogens is 807 g/mol. The number of hydrogen-bond acceptors (Lipinski definition) is 4. The van der Waals surface area contributed by atoms with Crippen LogP contribution >= 0.6 is 63.7 Å². The van der Waals surface area contributed by atoms with Crippen LogP contribution < -0.4 is 5.32 Å². The second-order valence-electron chi connectivity index (χ2n) is 17.2. The second kappa shape index (κ2) is 17.9. The van der Waals surface area contributed by atoms with Crippen molar-refractivity contribution in [1.82, 2.24) is 4.90 Å². The maximum atomic E-state index is 16.8. The van der Waals surface area contributed by atoms with Crippen molar-refractivity contribution in [2.45, 2.75) is 102 Å². The van der Waals surface area contributed by atoms with E-state index >= 15 is 9.18 Å². The fraction of sp³-hybridized carbons (Fsp3) is 0.419. The highest BCUT2D eigenvalue weighted by molar-refractivity contribution is 7.59. The maximum absolute atomic E-state index is 16.8. The van der Waals surface area contributed by atoms with E-state index in [0.29, 0.717) is 22.7 Å². The molecule has 6 atom stereocenters. The van der Waals surface area contributed by atoms with Crippen molar-refractivity contribution >= 4 is 83.6 Å². The summed E-state index contributed by atoms with van der Waals surface area (Å²) in [4.78, 5) is 17.6. The summed E-state index contributed by atoms with van der Waals surface area (Å²) < 4.78 is 24.0. The SMILES string of the molecule is CC(C)(C)C[C@H]1N(C(c2ccccc2)[C@@H](O)c2ccccc2)[C@@H](CO[Si](C)(C)C(C)(C)C)[C@H](c2cccc(Cl)c2F)[C@@]12C(=O)Nc1cc(Cl)ccc12.S.S.S. The van der Waals surface area contributed by atoms with Crippen molar-refractivity contribution < 1.29 is 18.7 Å². The van der Waals surface area contributed by atoms with Crippen molar-refractivity contribution in [2.24, 2.45) is 5.41 Å². The Hall–Kier alpha value is -1.99. The zero-order valence-electron chi connectivity index (χ0n) is 32.9. The molecule has 1 amide bonds. The van der Waals surface area contributed by atoms with Crippen LogP contribution in [0.2, 0.25) is 28.2 Å². The first-order chi connectivity index (χ1) is 24.4. The van der Waals surface area contributed by atoms with Gasteiger partial charge in [-0.2, -0.15) is 40.5 Å². The molecule has 0 aliphatic carbocycles. The largest absolute Gasteiger partial charge is 0.415 e. The van der Waals surface area contributed by atoms with E-state index in [2.05, 4.69) is 64.9 Å². The van der Waals surface area contributed by atoms with Crippen LogP contribution in [0.15, 0.2) is 97.1 Å². The summed E-state index contributed by atoms with van der Waals surface area (Å²) in [6.07, 6.45) is -0.460. The average Bonchev–Trinajstić information content (AvgIpc) is 3.51. The lowest BCUT2D eigenvalue weighted by molar-refractivity contribution is -0.123. The number of fused-ring (bicyclic) bond motifs is 2. The van der Waals surface area contributed by atoms with Crippen LogP contribution in [0.5, 0.6) is 0 Å². The Bertz CT molecular complexity index is 1930. The van der Waals surface area contributed by atoms with Gasteiger partial charge >= 0.3 is 0 Å². The van der Waals surface area contributed by atoms with Crippen LogP contribution in [-0.4, -0.2) is 42.9 Å². The van der Waals surface area contributed by atoms with Crippen LogP contribution in [0.1, 0.15) is 88.3 Å². The first kappa shape index (κ1) is 47.4. The highest BCUT2D eigenvalue weighted by Crippen LogP contribution is 2.63. The summed E-state index contributed by atoms with van der Waals surface area (Å²) >= 11 is 13.2. The van der Waals surface area contributed by atoms with Crippen LogP contribution in [0.3, 0.4) is 0 Å². The van der Waals surface area contributed by atoms with Gasteiger partial charge in [0.05, 0.1) is 23.8 Å². The number of carbonyl (C=O) groups excluding carboxylic acids is 1. The third-order valence-electron chi connectivity index (χ3n) is 11.6. The standard InChI is InChI=1S/C43H51Cl2FN2O3Si.3H2S/c1-41(2,3)25-35-43(31-23-22-29(44)24-33(31)47-40(43)50)36(30-20-15-21-32(45)37(30)46)34(26-51-52(7,8)42(4,5)6)48(35)38(27-16-11-9-12-17-27)39(49)28-18-13-10-14-19-28;;;/h9-24,34-36,38-39,49H,25-26H2,1-8H3,(H,47,50);3*1H2/t34-,35+,36-,38?,39-,43-;;;/m0.../s1. The molecular formula is C43H57Cl2FN2O3S3Si. The van der Waals surface area contributed by atoms with Gasteiger partial charge in [-0.15, -0.1) is 0 Å². The van der Waals surface area contributed by atoms with Crippen molar-refractivity contribution in [2.75, 3.05) is 11.9 Å². The Morgan fingerprint density at radius 1 is 0.873 bits per heavy atom. The van der Waals surface area contributed by atoms with Gasteiger partial charge in [0.2, 0.25) is 5.91 Å². The number of rotatable bonds is 9. The van der Waals surface area contributed by atoms with E-state index in [9.17, 15) is 5.11 Å². The minimum Gasteiger partial charge on any atom is -0.415 e. The molecule has 0 aromatic heterocycles. The number of anilines is 1. The summed E-state index contributed by atoms with van der Waals surface area (Å²) in [6, 6.07) is 28.4. The molecule has 4 aromatic carbocycles. The summed E-state index contributed by atoms with van der Waals surface area (Å²) in [6.45, 7) is 17.7. The van der Waals surface area contributed by atoms with Gasteiger partial charge in [0, 0.05) is 28.7 Å². The molecule has 0 radical (unpaired) electrons. The fourth-order valence-corrected chi connectivity index (χ4v) is 9.64. The number of aliphatic hydroxyl groups is 1. The number of carbonyl (C=O) groups is 1. The van der Waals surface area contributed by atoms with Crippen LogP contribution in [0.4, 0.5) is 10.1 Å². The van der Waals surface area contributed by atoms with Gasteiger partial charge in [-0.1, -0.05) is 144 Å². The highest BCUT2D eigenvalue weighted by Gasteiger charge is 2.69. The van der Waals surface area contributed by atoms with Gasteiger partial charge in [-0.25, -0.2) is 4.39 Å². The van der Waals surface area contributed by atoms with E-state index < -0.39 is 49.7 Å². The number of nitrogens with one attached hydrogen (secondary N) is 1. The third-order valence-corrected chi connectivity index (χ3v) is 16.7. The summed E-state index contributed by atoms with van der Waals surface area (Å²) in [5, 5.41) is 16.2. The minimum absolute atomic E-state index is 0. The van der Waals surface area contributed by atoms with E-state index in [-0.39, 0.29) is 68.5 Å². The minimum atomic E-state index is -2.41. The Balaban J connectivity index is 0.00000271. The Labute approximate surface area is 359 Å². The van der Waals surface area contributed by atoms with Gasteiger partial charge in [0.25, 0.3) is 0 Å². The van der Waals surface area contributed by atoms with Crippen molar-refractivity contribution in [1.29, 1.82) is 0 Å². The fourth-order valence-electron chi connectivity index (χ4n) is 8.27. The van der Waals surface area contributed by atoms with E-state index in [1.807, 2.05) is 66.7 Å². The Morgan fingerprint density at radius 3 is 2.02 bits per heavy atom. The third kappa shape index (κ3) is 8.88. The topological polar surface area (TPSA) is 61.8 Å². The molecule has 1 spiro atoms. The number of nitrogens with zero attached hydrogens (tertiary/aromatic N) is 1. The van der Waals surface area contributed by atoms with Crippen LogP contribution in [0, 0.1) is 11.2 Å². The number of aliphatic hydroxyl groups excluding tert-OH is 1. The summed E-state index contributed by atoms with van der Waals surface area (Å²) in [7, 11) is -2.41. The molecule has 2 aliphatic heterocycles. The first-order valence-corrected chi connectivity index (χ1v) is 21.8. The molecule has 1 saturated heterocycles. The number of likely N-dealkylation sites (tertiary alicyclic amines) is 1. The van der Waals surface area contributed by atoms with E-state index in [1.54, 1.807) is 30.3 Å². The summed E-state index contributed by atoms with van der Waals surface area (Å²) in [5.41, 5.74) is 1.71. The Morgan fingerprint density at radius 2 is 1.45 bits per heavy atom. The molecule has 5 nitrogen and oxygen atoms in total. The number of halogens is 3. The molecule has 1 fully saturated rings. The van der Waals surface area contributed by atoms with Gasteiger partial charge in [0.1, 0.15) is 11.2 Å². The molecule has 2 aliphatic rings. The lowest BCUT2D eigenvalue weighted by Crippen LogP contribution is -2.52. The van der Waals surface area contributed by atoms with Crippen molar-refractivity contribution in [3.8, 4) is 0 Å². The molecule has 6 rings (SSSR count). The molecule has 4 aromatic rings. The number of amides is 1. The molecule has 12 heteroatoms. The maximum Gasteiger partial charge on any atom is 0.237 e. The smallest absolute Gasteiger partial charge is 0.237 e. The molecule has 0 saturated carbocycles.